The van der Waals surface area contributed by atoms with Gasteiger partial charge in [0.2, 0.25) is 0 Å². The van der Waals surface area contributed by atoms with Gasteiger partial charge in [-0.1, -0.05) is 18.2 Å². The van der Waals surface area contributed by atoms with Crippen molar-refractivity contribution in [1.82, 2.24) is 0 Å². The second kappa shape index (κ2) is 3.10. The highest BCUT2D eigenvalue weighted by Gasteiger charge is 1.91. The van der Waals surface area contributed by atoms with Gasteiger partial charge in [0, 0.05) is 11.4 Å². The number of rotatable bonds is 1. The second-order valence-electron chi connectivity index (χ2n) is 2.52. The molecule has 0 spiro atoms. The van der Waals surface area contributed by atoms with Crippen molar-refractivity contribution in [3.63, 3.8) is 0 Å². The van der Waals surface area contributed by atoms with E-state index in [0.717, 1.165) is 16.9 Å². The lowest BCUT2D eigenvalue weighted by Crippen LogP contribution is -1.92. The van der Waals surface area contributed by atoms with Gasteiger partial charge in [0.15, 0.2) is 0 Å². The highest BCUT2D eigenvalue weighted by atomic mass is 14.6. The molecule has 11 heavy (non-hydrogen) atoms. The summed E-state index contributed by atoms with van der Waals surface area (Å²) in [6, 6.07) is 7.63. The molecule has 0 amide bonds. The quantitative estimate of drug-likeness (QED) is 0.594. The van der Waals surface area contributed by atoms with Crippen LogP contribution in [-0.2, 0) is 0 Å². The van der Waals surface area contributed by atoms with Crippen molar-refractivity contribution in [2.45, 2.75) is 6.92 Å². The van der Waals surface area contributed by atoms with E-state index in [4.69, 9.17) is 11.5 Å². The molecule has 0 saturated carbocycles. The van der Waals surface area contributed by atoms with Gasteiger partial charge in [0.05, 0.1) is 0 Å². The van der Waals surface area contributed by atoms with Crippen LogP contribution in [0.1, 0.15) is 12.5 Å². The normalized spacial score (nSPS) is 11.5. The van der Waals surface area contributed by atoms with E-state index in [1.54, 1.807) is 0 Å². The van der Waals surface area contributed by atoms with Gasteiger partial charge >= 0.3 is 0 Å². The van der Waals surface area contributed by atoms with E-state index in [2.05, 4.69) is 0 Å². The van der Waals surface area contributed by atoms with Crippen molar-refractivity contribution in [2.75, 3.05) is 5.73 Å². The van der Waals surface area contributed by atoms with Crippen molar-refractivity contribution in [3.05, 3.63) is 35.5 Å². The van der Waals surface area contributed by atoms with Crippen LogP contribution in [-0.4, -0.2) is 0 Å². The molecule has 0 aliphatic heterocycles. The van der Waals surface area contributed by atoms with Gasteiger partial charge in [0.1, 0.15) is 0 Å². The minimum Gasteiger partial charge on any atom is -0.402 e. The average Bonchev–Trinajstić information content (AvgIpc) is 1.93. The summed E-state index contributed by atoms with van der Waals surface area (Å²) in [5.74, 6) is 0. The van der Waals surface area contributed by atoms with E-state index in [-0.39, 0.29) is 0 Å². The number of anilines is 1. The molecule has 0 atom stereocenters. The van der Waals surface area contributed by atoms with Gasteiger partial charge in [-0.2, -0.15) is 0 Å². The first-order chi connectivity index (χ1) is 5.20. The summed E-state index contributed by atoms with van der Waals surface area (Å²) in [5, 5.41) is 0. The maximum absolute atomic E-state index is 5.67. The van der Waals surface area contributed by atoms with Gasteiger partial charge in [0.25, 0.3) is 0 Å². The highest BCUT2D eigenvalue weighted by molar-refractivity contribution is 5.65. The average molecular weight is 148 g/mol. The third-order valence-electron chi connectivity index (χ3n) is 1.38. The first kappa shape index (κ1) is 7.66. The SMILES string of the molecule is C/C(N)=C/c1ccccc1N. The first-order valence-electron chi connectivity index (χ1n) is 3.48. The second-order valence-corrected chi connectivity index (χ2v) is 2.52. The Balaban J connectivity index is 3.04. The Labute approximate surface area is 66.5 Å². The maximum Gasteiger partial charge on any atom is 0.0388 e. The van der Waals surface area contributed by atoms with Crippen LogP contribution in [0.4, 0.5) is 5.69 Å². The zero-order valence-corrected chi connectivity index (χ0v) is 6.54. The number of hydrogen-bond donors (Lipinski definition) is 2. The minimum absolute atomic E-state index is 0.761. The fraction of sp³-hybridized carbons (Fsp3) is 0.111. The summed E-state index contributed by atoms with van der Waals surface area (Å²) >= 11 is 0. The van der Waals surface area contributed by atoms with Crippen LogP contribution in [0, 0.1) is 0 Å². The van der Waals surface area contributed by atoms with E-state index in [1.165, 1.54) is 0 Å². The molecule has 1 aromatic rings. The van der Waals surface area contributed by atoms with Crippen LogP contribution in [0.5, 0.6) is 0 Å². The lowest BCUT2D eigenvalue weighted by Gasteiger charge is -1.98. The van der Waals surface area contributed by atoms with Crippen LogP contribution in [0.2, 0.25) is 0 Å². The van der Waals surface area contributed by atoms with Crippen molar-refractivity contribution >= 4 is 11.8 Å². The van der Waals surface area contributed by atoms with Gasteiger partial charge in [-0.05, 0) is 24.6 Å². The van der Waals surface area contributed by atoms with Gasteiger partial charge in [-0.3, -0.25) is 0 Å². The molecule has 0 unspecified atom stereocenters. The lowest BCUT2D eigenvalue weighted by molar-refractivity contribution is 1.34. The number of allylic oxidation sites excluding steroid dienone is 1. The molecule has 0 aliphatic carbocycles. The van der Waals surface area contributed by atoms with E-state index in [1.807, 2.05) is 37.3 Å². The molecular formula is C9H12N2. The molecule has 0 heterocycles. The third-order valence-corrected chi connectivity index (χ3v) is 1.38. The number of para-hydroxylation sites is 1. The van der Waals surface area contributed by atoms with Crippen molar-refractivity contribution in [2.24, 2.45) is 5.73 Å². The molecule has 0 aliphatic rings. The maximum atomic E-state index is 5.67. The number of benzene rings is 1. The Morgan fingerprint density at radius 1 is 1.36 bits per heavy atom. The Hall–Kier alpha value is -1.44. The summed E-state index contributed by atoms with van der Waals surface area (Å²) in [5.41, 5.74) is 13.7. The molecule has 0 saturated heterocycles. The summed E-state index contributed by atoms with van der Waals surface area (Å²) < 4.78 is 0. The van der Waals surface area contributed by atoms with Crippen LogP contribution < -0.4 is 11.5 Å². The third kappa shape index (κ3) is 2.00. The van der Waals surface area contributed by atoms with Crippen molar-refractivity contribution in [3.8, 4) is 0 Å². The first-order valence-corrected chi connectivity index (χ1v) is 3.48. The van der Waals surface area contributed by atoms with E-state index in [0.29, 0.717) is 0 Å². The minimum atomic E-state index is 0.761. The van der Waals surface area contributed by atoms with Crippen molar-refractivity contribution < 1.29 is 0 Å². The Morgan fingerprint density at radius 3 is 2.55 bits per heavy atom. The van der Waals surface area contributed by atoms with Gasteiger partial charge in [-0.15, -0.1) is 0 Å². The molecule has 1 rings (SSSR count). The predicted octanol–water partition coefficient (Wildman–Crippen LogP) is 1.59. The number of hydrogen-bond acceptors (Lipinski definition) is 2. The van der Waals surface area contributed by atoms with Crippen LogP contribution in [0.15, 0.2) is 30.0 Å². The zero-order chi connectivity index (χ0) is 8.27. The van der Waals surface area contributed by atoms with E-state index < -0.39 is 0 Å². The standard InChI is InChI=1S/C9H12N2/c1-7(10)6-8-4-2-3-5-9(8)11/h2-6H,10-11H2,1H3/b7-6-. The van der Waals surface area contributed by atoms with E-state index in [9.17, 15) is 0 Å². The monoisotopic (exact) mass is 148 g/mol. The number of nitrogen functional groups attached to an aromatic ring is 1. The number of nitrogens with two attached hydrogens (primary N) is 2. The molecule has 0 aromatic heterocycles. The highest BCUT2D eigenvalue weighted by Crippen LogP contribution is 2.12. The fourth-order valence-corrected chi connectivity index (χ4v) is 0.888. The smallest absolute Gasteiger partial charge is 0.0388 e. The molecule has 2 heteroatoms. The van der Waals surface area contributed by atoms with Crippen LogP contribution in [0.3, 0.4) is 0 Å². The predicted molar refractivity (Wildman–Crippen MR) is 48.7 cm³/mol. The molecule has 2 nitrogen and oxygen atoms in total. The summed E-state index contributed by atoms with van der Waals surface area (Å²) in [6.07, 6.45) is 1.86. The molecule has 0 fully saturated rings. The molecular weight excluding hydrogens is 136 g/mol. The zero-order valence-electron chi connectivity index (χ0n) is 6.54. The summed E-state index contributed by atoms with van der Waals surface area (Å²) in [6.45, 7) is 1.84. The Kier molecular flexibility index (Phi) is 2.16. The van der Waals surface area contributed by atoms with Crippen LogP contribution in [0.25, 0.3) is 6.08 Å². The fourth-order valence-electron chi connectivity index (χ4n) is 0.888. The Morgan fingerprint density at radius 2 is 2.00 bits per heavy atom. The summed E-state index contributed by atoms with van der Waals surface area (Å²) in [7, 11) is 0. The van der Waals surface area contributed by atoms with Gasteiger partial charge < -0.3 is 11.5 Å². The largest absolute Gasteiger partial charge is 0.402 e. The van der Waals surface area contributed by atoms with Crippen LogP contribution >= 0.6 is 0 Å². The molecule has 4 N–H and O–H groups in total. The lowest BCUT2D eigenvalue weighted by atomic mass is 10.1. The van der Waals surface area contributed by atoms with Gasteiger partial charge in [-0.25, -0.2) is 0 Å². The van der Waals surface area contributed by atoms with Crippen molar-refractivity contribution in [1.29, 1.82) is 0 Å². The molecule has 58 valence electrons. The molecule has 1 aromatic carbocycles. The topological polar surface area (TPSA) is 52.0 Å². The molecule has 0 bridgehead atoms. The van der Waals surface area contributed by atoms with E-state index >= 15 is 0 Å². The summed E-state index contributed by atoms with van der Waals surface area (Å²) in [4.78, 5) is 0. The Bertz CT molecular complexity index is 273. The molecule has 0 radical (unpaired) electrons.